The van der Waals surface area contributed by atoms with Crippen LogP contribution in [0.3, 0.4) is 0 Å². The molecule has 0 unspecified atom stereocenters. The minimum atomic E-state index is -4.62. The lowest BCUT2D eigenvalue weighted by molar-refractivity contribution is -0.137. The topological polar surface area (TPSA) is 156 Å². The summed E-state index contributed by atoms with van der Waals surface area (Å²) < 4.78 is 54.1. The third-order valence-corrected chi connectivity index (χ3v) is 11.0. The minimum absolute atomic E-state index is 0.0248. The summed E-state index contributed by atoms with van der Waals surface area (Å²) >= 11 is 6.17. The first kappa shape index (κ1) is 38.4. The molecule has 0 saturated carbocycles. The van der Waals surface area contributed by atoms with E-state index in [2.05, 4.69) is 15.4 Å². The van der Waals surface area contributed by atoms with Crippen molar-refractivity contribution in [2.75, 3.05) is 43.0 Å². The Bertz CT molecular complexity index is 2510. The summed E-state index contributed by atoms with van der Waals surface area (Å²) in [7, 11) is 0. The Balaban J connectivity index is 1.14. The van der Waals surface area contributed by atoms with E-state index in [1.54, 1.807) is 15.5 Å². The first-order valence-corrected chi connectivity index (χ1v) is 18.8. The van der Waals surface area contributed by atoms with E-state index in [9.17, 15) is 32.7 Å². The molecule has 3 aliphatic rings. The van der Waals surface area contributed by atoms with E-state index in [1.165, 1.54) is 0 Å². The van der Waals surface area contributed by atoms with Crippen LogP contribution in [0.25, 0.3) is 17.2 Å². The van der Waals surface area contributed by atoms with E-state index >= 15 is 0 Å². The van der Waals surface area contributed by atoms with Gasteiger partial charge >= 0.3 is 6.18 Å². The smallest absolute Gasteiger partial charge is 0.416 e. The summed E-state index contributed by atoms with van der Waals surface area (Å²) in [4.78, 5) is 54.3. The highest BCUT2D eigenvalue weighted by Crippen LogP contribution is 2.38. The highest BCUT2D eigenvalue weighted by atomic mass is 35.5. The molecule has 0 spiro atoms. The minimum Gasteiger partial charge on any atom is -0.505 e. The van der Waals surface area contributed by atoms with Crippen LogP contribution in [0.1, 0.15) is 64.9 Å². The predicted octanol–water partition coefficient (Wildman–Crippen LogP) is 5.33. The van der Waals surface area contributed by atoms with Gasteiger partial charge in [-0.05, 0) is 73.7 Å². The molecule has 1 saturated heterocycles. The maximum Gasteiger partial charge on any atom is 0.416 e. The molecular formula is C39H38ClF3N8O6. The monoisotopic (exact) mass is 806 g/mol. The Morgan fingerprint density at radius 2 is 1.79 bits per heavy atom. The van der Waals surface area contributed by atoms with Gasteiger partial charge in [-0.3, -0.25) is 14.4 Å². The second-order valence-corrected chi connectivity index (χ2v) is 15.0. The number of piperazine rings is 1. The predicted molar refractivity (Wildman–Crippen MR) is 202 cm³/mol. The van der Waals surface area contributed by atoms with Crippen LogP contribution >= 0.6 is 11.6 Å². The average Bonchev–Trinajstić information content (AvgIpc) is 3.77. The second-order valence-electron chi connectivity index (χ2n) is 14.6. The summed E-state index contributed by atoms with van der Waals surface area (Å²) in [6, 6.07) is 9.89. The zero-order valence-corrected chi connectivity index (χ0v) is 32.0. The van der Waals surface area contributed by atoms with E-state index < -0.39 is 41.3 Å². The van der Waals surface area contributed by atoms with Crippen molar-refractivity contribution in [2.24, 2.45) is 0 Å². The van der Waals surface area contributed by atoms with Gasteiger partial charge in [0.2, 0.25) is 11.7 Å². The number of carbonyl (C=O) groups is 2. The molecule has 14 nitrogen and oxygen atoms in total. The highest BCUT2D eigenvalue weighted by molar-refractivity contribution is 6.33. The number of nitrogens with one attached hydrogen (secondary N) is 1. The Morgan fingerprint density at radius 1 is 1.02 bits per heavy atom. The van der Waals surface area contributed by atoms with Gasteiger partial charge in [0.15, 0.2) is 11.5 Å². The maximum absolute atomic E-state index is 14.5. The standard InChI is InChI=1S/C39H38ClF3N8O6/c1-4-29-33(48-10-12-49(13-11-48)35(54)32-30(52)16-21-9-14-56-20-28(21)45-32)36(55)51-37(46-34(47-51)22-5-7-25-23(15-22)19-57-38(25,2)3)50(29)18-31(53)44-27-8-6-24(17-26(27)40)39(41,42)43/h5-8,15-17,52H,4,9-14,18-20H2,1-3H3,(H,44,53). The number of rotatable bonds is 7. The van der Waals surface area contributed by atoms with Crippen LogP contribution in [0.5, 0.6) is 5.75 Å². The van der Waals surface area contributed by atoms with Crippen molar-refractivity contribution in [1.82, 2.24) is 29.0 Å². The van der Waals surface area contributed by atoms with Gasteiger partial charge in [-0.15, -0.1) is 5.10 Å². The number of amides is 2. The molecule has 3 aliphatic heterocycles. The maximum atomic E-state index is 14.5. The average molecular weight is 807 g/mol. The summed E-state index contributed by atoms with van der Waals surface area (Å²) in [6.45, 7) is 7.36. The van der Waals surface area contributed by atoms with Crippen molar-refractivity contribution < 1.29 is 37.3 Å². The Labute approximate surface area is 328 Å². The third-order valence-electron chi connectivity index (χ3n) is 10.6. The number of benzene rings is 2. The van der Waals surface area contributed by atoms with Gasteiger partial charge in [0.25, 0.3) is 11.5 Å². The fourth-order valence-corrected chi connectivity index (χ4v) is 7.89. The van der Waals surface area contributed by atoms with Crippen LogP contribution in [0, 0.1) is 0 Å². The number of anilines is 2. The van der Waals surface area contributed by atoms with Crippen molar-refractivity contribution in [3.05, 3.63) is 97.2 Å². The molecule has 3 aromatic heterocycles. The molecule has 8 rings (SSSR count). The Kier molecular flexibility index (Phi) is 9.72. The lowest BCUT2D eigenvalue weighted by Crippen LogP contribution is -2.51. The molecule has 2 amide bonds. The SMILES string of the molecule is CCc1c(N2CCN(C(=O)c3nc4c(cc3O)CCOC4)CC2)c(=O)n2nc(-c3ccc4c(c3)COC4(C)C)nc2n1CC(=O)Nc1ccc(C(F)(F)F)cc1Cl. The molecule has 2 N–H and O–H groups in total. The molecule has 298 valence electrons. The van der Waals surface area contributed by atoms with E-state index in [1.807, 2.05) is 43.9 Å². The number of hydrogen-bond acceptors (Lipinski definition) is 10. The fourth-order valence-electron chi connectivity index (χ4n) is 7.67. The lowest BCUT2D eigenvalue weighted by Gasteiger charge is -2.36. The van der Waals surface area contributed by atoms with Crippen molar-refractivity contribution in [1.29, 1.82) is 0 Å². The molecular weight excluding hydrogens is 769 g/mol. The van der Waals surface area contributed by atoms with E-state index in [0.29, 0.717) is 36.6 Å². The molecule has 57 heavy (non-hydrogen) atoms. The summed E-state index contributed by atoms with van der Waals surface area (Å²) in [5.41, 5.74) is 2.74. The summed E-state index contributed by atoms with van der Waals surface area (Å²) in [6.07, 6.45) is -3.76. The summed E-state index contributed by atoms with van der Waals surface area (Å²) in [5, 5.41) is 17.6. The van der Waals surface area contributed by atoms with Crippen molar-refractivity contribution in [3.63, 3.8) is 0 Å². The van der Waals surface area contributed by atoms with Crippen LogP contribution in [0.4, 0.5) is 24.5 Å². The van der Waals surface area contributed by atoms with Crippen LogP contribution in [-0.2, 0) is 58.6 Å². The number of pyridine rings is 1. The number of aromatic hydroxyl groups is 1. The van der Waals surface area contributed by atoms with Gasteiger partial charge in [0, 0.05) is 31.7 Å². The zero-order valence-electron chi connectivity index (χ0n) is 31.2. The zero-order chi connectivity index (χ0) is 40.4. The second kappa shape index (κ2) is 14.5. The largest absolute Gasteiger partial charge is 0.505 e. The quantitative estimate of drug-likeness (QED) is 0.221. The van der Waals surface area contributed by atoms with Crippen LogP contribution in [-0.4, -0.2) is 78.8 Å². The summed E-state index contributed by atoms with van der Waals surface area (Å²) in [5.74, 6) is -0.985. The molecule has 1 fully saturated rings. The lowest BCUT2D eigenvalue weighted by atomic mass is 9.94. The molecule has 0 atom stereocenters. The third kappa shape index (κ3) is 7.08. The van der Waals surface area contributed by atoms with Crippen LogP contribution in [0.15, 0.2) is 47.3 Å². The molecule has 5 aromatic rings. The first-order chi connectivity index (χ1) is 27.1. The van der Waals surface area contributed by atoms with Gasteiger partial charge in [0.1, 0.15) is 18.0 Å². The Hall–Kier alpha value is -5.52. The van der Waals surface area contributed by atoms with Crippen LogP contribution in [0.2, 0.25) is 5.02 Å². The van der Waals surface area contributed by atoms with Crippen molar-refractivity contribution in [3.8, 4) is 17.1 Å². The number of aromatic nitrogens is 5. The van der Waals surface area contributed by atoms with Crippen molar-refractivity contribution in [2.45, 2.75) is 65.1 Å². The van der Waals surface area contributed by atoms with E-state index in [0.717, 1.165) is 39.4 Å². The molecule has 0 radical (unpaired) electrons. The number of halogens is 4. The number of carbonyl (C=O) groups excluding carboxylic acids is 2. The van der Waals surface area contributed by atoms with Crippen molar-refractivity contribution >= 4 is 40.6 Å². The first-order valence-electron chi connectivity index (χ1n) is 18.4. The van der Waals surface area contributed by atoms with Gasteiger partial charge in [-0.25, -0.2) is 4.98 Å². The van der Waals surface area contributed by atoms with Gasteiger partial charge in [-0.1, -0.05) is 30.7 Å². The number of fused-ring (bicyclic) bond motifs is 3. The van der Waals surface area contributed by atoms with E-state index in [4.69, 9.17) is 26.1 Å². The normalized spacial score (nSPS) is 16.5. The van der Waals surface area contributed by atoms with Gasteiger partial charge < -0.3 is 34.3 Å². The van der Waals surface area contributed by atoms with E-state index in [-0.39, 0.29) is 78.6 Å². The molecule has 0 aliphatic carbocycles. The number of hydrogen-bond donors (Lipinski definition) is 2. The molecule has 2 aromatic carbocycles. The van der Waals surface area contributed by atoms with Gasteiger partial charge in [-0.2, -0.15) is 22.7 Å². The number of ether oxygens (including phenoxy) is 2. The number of nitrogens with zero attached hydrogens (tertiary/aromatic N) is 7. The fraction of sp³-hybridized carbons (Fsp3) is 0.385. The molecule has 18 heteroatoms. The Morgan fingerprint density at radius 3 is 2.51 bits per heavy atom. The molecule has 0 bridgehead atoms. The number of alkyl halides is 3. The highest BCUT2D eigenvalue weighted by Gasteiger charge is 2.34. The van der Waals surface area contributed by atoms with Gasteiger partial charge in [0.05, 0.1) is 53.1 Å². The van der Waals surface area contributed by atoms with Crippen LogP contribution < -0.4 is 15.8 Å². The molecule has 6 heterocycles.